The van der Waals surface area contributed by atoms with Gasteiger partial charge in [0.05, 0.1) is 0 Å². The van der Waals surface area contributed by atoms with E-state index >= 15 is 0 Å². The highest BCUT2D eigenvalue weighted by molar-refractivity contribution is 6.09. The first-order valence-corrected chi connectivity index (χ1v) is 7.14. The van der Waals surface area contributed by atoms with Gasteiger partial charge in [0, 0.05) is 11.1 Å². The Kier molecular flexibility index (Phi) is 2.71. The van der Waals surface area contributed by atoms with E-state index in [0.717, 1.165) is 17.5 Å². The Morgan fingerprint density at radius 2 is 1.38 bits per heavy atom. The van der Waals surface area contributed by atoms with Gasteiger partial charge >= 0.3 is 0 Å². The maximum absolute atomic E-state index is 12.5. The van der Waals surface area contributed by atoms with Crippen LogP contribution in [0.2, 0.25) is 0 Å². The molecular weight excluding hydrogens is 256 g/mol. The van der Waals surface area contributed by atoms with Crippen molar-refractivity contribution in [2.45, 2.75) is 6.42 Å². The molecule has 0 amide bonds. The van der Waals surface area contributed by atoms with Gasteiger partial charge in [-0.25, -0.2) is 0 Å². The zero-order chi connectivity index (χ0) is 14.2. The van der Waals surface area contributed by atoms with Crippen molar-refractivity contribution in [1.82, 2.24) is 0 Å². The smallest absolute Gasteiger partial charge is 0.193 e. The van der Waals surface area contributed by atoms with E-state index in [9.17, 15) is 4.79 Å². The van der Waals surface area contributed by atoms with Crippen LogP contribution >= 0.6 is 0 Å². The van der Waals surface area contributed by atoms with Crippen molar-refractivity contribution in [3.05, 3.63) is 95.1 Å². The first-order valence-electron chi connectivity index (χ1n) is 7.14. The van der Waals surface area contributed by atoms with Gasteiger partial charge in [0.15, 0.2) is 5.78 Å². The molecule has 4 rings (SSSR count). The minimum Gasteiger partial charge on any atom is -0.289 e. The summed E-state index contributed by atoms with van der Waals surface area (Å²) in [5.74, 6) is 0.0920. The van der Waals surface area contributed by atoms with Crippen molar-refractivity contribution in [1.29, 1.82) is 0 Å². The van der Waals surface area contributed by atoms with Crippen LogP contribution in [-0.4, -0.2) is 5.78 Å². The highest BCUT2D eigenvalue weighted by Gasteiger charge is 2.19. The highest BCUT2D eigenvalue weighted by atomic mass is 16.1. The summed E-state index contributed by atoms with van der Waals surface area (Å²) in [4.78, 5) is 12.5. The van der Waals surface area contributed by atoms with Crippen molar-refractivity contribution in [2.24, 2.45) is 0 Å². The van der Waals surface area contributed by atoms with Gasteiger partial charge in [0.1, 0.15) is 0 Å². The van der Waals surface area contributed by atoms with Gasteiger partial charge in [-0.15, -0.1) is 0 Å². The Hall–Kier alpha value is -2.67. The van der Waals surface area contributed by atoms with Gasteiger partial charge in [-0.05, 0) is 34.7 Å². The Morgan fingerprint density at radius 3 is 2.24 bits per heavy atom. The molecule has 0 unspecified atom stereocenters. The molecule has 1 heteroatoms. The number of carbonyl (C=O) groups is 1. The summed E-state index contributed by atoms with van der Waals surface area (Å²) < 4.78 is 0. The molecule has 0 saturated carbocycles. The second kappa shape index (κ2) is 4.71. The number of carbonyl (C=O) groups excluding carboxylic acids is 1. The van der Waals surface area contributed by atoms with Crippen molar-refractivity contribution in [3.8, 4) is 11.1 Å². The topological polar surface area (TPSA) is 17.1 Å². The maximum Gasteiger partial charge on any atom is 0.193 e. The van der Waals surface area contributed by atoms with Crippen LogP contribution in [0.1, 0.15) is 27.0 Å². The van der Waals surface area contributed by atoms with Gasteiger partial charge in [-0.3, -0.25) is 4.79 Å². The predicted molar refractivity (Wildman–Crippen MR) is 84.6 cm³/mol. The second-order valence-corrected chi connectivity index (χ2v) is 5.40. The molecule has 0 aromatic heterocycles. The lowest BCUT2D eigenvalue weighted by molar-refractivity contribution is 0.103. The van der Waals surface area contributed by atoms with Crippen molar-refractivity contribution in [2.75, 3.05) is 0 Å². The summed E-state index contributed by atoms with van der Waals surface area (Å²) >= 11 is 0. The molecule has 1 aliphatic carbocycles. The van der Waals surface area contributed by atoms with Crippen LogP contribution in [-0.2, 0) is 6.42 Å². The average Bonchev–Trinajstić information content (AvgIpc) is 2.92. The molecule has 0 heterocycles. The molecule has 1 aliphatic rings. The van der Waals surface area contributed by atoms with Crippen LogP contribution in [0.25, 0.3) is 11.1 Å². The highest BCUT2D eigenvalue weighted by Crippen LogP contribution is 2.36. The van der Waals surface area contributed by atoms with E-state index in [0.29, 0.717) is 0 Å². The third-order valence-corrected chi connectivity index (χ3v) is 4.09. The third-order valence-electron chi connectivity index (χ3n) is 4.09. The maximum atomic E-state index is 12.5. The fraction of sp³-hybridized carbons (Fsp3) is 0.0500. The van der Waals surface area contributed by atoms with E-state index in [1.54, 1.807) is 0 Å². The first-order chi connectivity index (χ1) is 10.3. The summed E-state index contributed by atoms with van der Waals surface area (Å²) in [5.41, 5.74) is 6.66. The Bertz CT molecular complexity index is 831. The summed E-state index contributed by atoms with van der Waals surface area (Å²) in [6, 6.07) is 24.0. The standard InChI is InChI=1S/C20H14O/c21-20(14-6-2-1-3-7-14)16-10-11-19-17(13-16)12-15-8-4-5-9-18(15)19/h1-11,13H,12H2. The quantitative estimate of drug-likeness (QED) is 0.490. The lowest BCUT2D eigenvalue weighted by Gasteiger charge is -2.05. The summed E-state index contributed by atoms with van der Waals surface area (Å²) in [5, 5.41) is 0. The van der Waals surface area contributed by atoms with E-state index in [4.69, 9.17) is 0 Å². The zero-order valence-electron chi connectivity index (χ0n) is 11.5. The van der Waals surface area contributed by atoms with Gasteiger partial charge in [-0.1, -0.05) is 66.7 Å². The number of benzene rings is 3. The van der Waals surface area contributed by atoms with Crippen molar-refractivity contribution in [3.63, 3.8) is 0 Å². The van der Waals surface area contributed by atoms with Crippen LogP contribution in [0.5, 0.6) is 0 Å². The van der Waals surface area contributed by atoms with Crippen LogP contribution in [0, 0.1) is 0 Å². The van der Waals surface area contributed by atoms with E-state index in [-0.39, 0.29) is 5.78 Å². The Balaban J connectivity index is 1.75. The van der Waals surface area contributed by atoms with Gasteiger partial charge in [0.2, 0.25) is 0 Å². The SMILES string of the molecule is O=C(c1ccccc1)c1ccc2c(c1)Cc1ccccc1-2. The molecule has 0 bridgehead atoms. The number of fused-ring (bicyclic) bond motifs is 3. The van der Waals surface area contributed by atoms with Crippen LogP contribution < -0.4 is 0 Å². The molecule has 1 nitrogen and oxygen atoms in total. The van der Waals surface area contributed by atoms with Crippen LogP contribution in [0.4, 0.5) is 0 Å². The van der Waals surface area contributed by atoms with Crippen molar-refractivity contribution >= 4 is 5.78 Å². The molecule has 21 heavy (non-hydrogen) atoms. The molecule has 0 spiro atoms. The number of hydrogen-bond donors (Lipinski definition) is 0. The molecule has 0 saturated heterocycles. The predicted octanol–water partition coefficient (Wildman–Crippen LogP) is 4.49. The number of ketones is 1. The minimum absolute atomic E-state index is 0.0920. The normalized spacial score (nSPS) is 11.8. The molecule has 3 aromatic carbocycles. The third kappa shape index (κ3) is 1.98. The fourth-order valence-electron chi connectivity index (χ4n) is 3.04. The van der Waals surface area contributed by atoms with E-state index in [2.05, 4.69) is 30.3 Å². The largest absolute Gasteiger partial charge is 0.289 e. The number of hydrogen-bond acceptors (Lipinski definition) is 1. The summed E-state index contributed by atoms with van der Waals surface area (Å²) in [7, 11) is 0. The summed E-state index contributed by atoms with van der Waals surface area (Å²) in [6.07, 6.45) is 0.918. The summed E-state index contributed by atoms with van der Waals surface area (Å²) in [6.45, 7) is 0. The van der Waals surface area contributed by atoms with Gasteiger partial charge in [0.25, 0.3) is 0 Å². The zero-order valence-corrected chi connectivity index (χ0v) is 11.5. The van der Waals surface area contributed by atoms with E-state index in [1.165, 1.54) is 22.3 Å². The minimum atomic E-state index is 0.0920. The Morgan fingerprint density at radius 1 is 0.667 bits per heavy atom. The second-order valence-electron chi connectivity index (χ2n) is 5.40. The van der Waals surface area contributed by atoms with Gasteiger partial charge < -0.3 is 0 Å². The lowest BCUT2D eigenvalue weighted by Crippen LogP contribution is -2.01. The molecule has 0 aliphatic heterocycles. The van der Waals surface area contributed by atoms with Crippen LogP contribution in [0.3, 0.4) is 0 Å². The molecule has 0 atom stereocenters. The lowest BCUT2D eigenvalue weighted by atomic mass is 9.98. The monoisotopic (exact) mass is 270 g/mol. The Labute approximate surface area is 123 Å². The molecular formula is C20H14O. The molecule has 0 N–H and O–H groups in total. The molecule has 0 fully saturated rings. The van der Waals surface area contributed by atoms with Crippen molar-refractivity contribution < 1.29 is 4.79 Å². The average molecular weight is 270 g/mol. The molecule has 0 radical (unpaired) electrons. The van der Waals surface area contributed by atoms with Gasteiger partial charge in [-0.2, -0.15) is 0 Å². The van der Waals surface area contributed by atoms with Crippen LogP contribution in [0.15, 0.2) is 72.8 Å². The van der Waals surface area contributed by atoms with E-state index < -0.39 is 0 Å². The number of rotatable bonds is 2. The molecule has 3 aromatic rings. The van der Waals surface area contributed by atoms with E-state index in [1.807, 2.05) is 42.5 Å². The molecule has 100 valence electrons. The fourth-order valence-corrected chi connectivity index (χ4v) is 3.04. The first kappa shape index (κ1) is 12.1.